The molecular formula is C47H30N2S. The van der Waals surface area contributed by atoms with E-state index in [0.29, 0.717) is 0 Å². The molecule has 2 aliphatic heterocycles. The van der Waals surface area contributed by atoms with Crippen molar-refractivity contribution in [2.75, 3.05) is 10.2 Å². The molecule has 3 heterocycles. The molecule has 0 bridgehead atoms. The highest BCUT2D eigenvalue weighted by Crippen LogP contribution is 2.52. The smallest absolute Gasteiger partial charge is 0.124 e. The van der Waals surface area contributed by atoms with Gasteiger partial charge in [-0.05, 0) is 107 Å². The van der Waals surface area contributed by atoms with Gasteiger partial charge in [0.2, 0.25) is 0 Å². The average Bonchev–Trinajstić information content (AvgIpc) is 3.72. The van der Waals surface area contributed by atoms with Gasteiger partial charge in [0.1, 0.15) is 11.2 Å². The number of nitrogens with one attached hydrogen (secondary N) is 1. The molecule has 2 nitrogen and oxygen atoms in total. The number of rotatable bonds is 3. The number of benzene rings is 8. The number of fused-ring (bicyclic) bond motifs is 9. The molecule has 1 aromatic heterocycles. The lowest BCUT2D eigenvalue weighted by atomic mass is 9.84. The zero-order valence-electron chi connectivity index (χ0n) is 27.1. The van der Waals surface area contributed by atoms with Crippen LogP contribution in [0.5, 0.6) is 0 Å². The molecule has 1 unspecified atom stereocenters. The van der Waals surface area contributed by atoms with Crippen molar-refractivity contribution in [2.24, 2.45) is 0 Å². The number of hydrogen-bond donors (Lipinski definition) is 1. The maximum Gasteiger partial charge on any atom is 0.124 e. The van der Waals surface area contributed by atoms with E-state index < -0.39 is 0 Å². The average molecular weight is 655 g/mol. The molecule has 11 rings (SSSR count). The molecule has 1 atom stereocenters. The number of anilines is 2. The van der Waals surface area contributed by atoms with E-state index in [-0.39, 0.29) is 6.17 Å². The van der Waals surface area contributed by atoms with Crippen LogP contribution in [0, 0.1) is 0 Å². The van der Waals surface area contributed by atoms with Gasteiger partial charge in [0.25, 0.3) is 0 Å². The van der Waals surface area contributed by atoms with Crippen LogP contribution in [0.1, 0.15) is 5.56 Å². The molecule has 50 heavy (non-hydrogen) atoms. The Hall–Kier alpha value is -6.16. The Bertz CT molecular complexity index is 2930. The van der Waals surface area contributed by atoms with Crippen LogP contribution in [-0.2, 0) is 0 Å². The van der Waals surface area contributed by atoms with Crippen molar-refractivity contribution in [3.63, 3.8) is 0 Å². The van der Waals surface area contributed by atoms with E-state index in [9.17, 15) is 0 Å². The summed E-state index contributed by atoms with van der Waals surface area (Å²) in [5.74, 6) is 0. The molecule has 0 saturated carbocycles. The van der Waals surface area contributed by atoms with Crippen LogP contribution in [0.15, 0.2) is 170 Å². The standard InChI is InChI=1S/C47H30N2S/c1-3-12-31-26-34(22-20-29(31)10-1)44-36-14-5-6-15-37(36)45(35-23-21-30-11-2-4-13-32(30)27-35)40-28-33(24-25-38(40)44)41-17-9-19-43-48-46-39-16-7-8-18-42(39)50-47(46)49(41)43/h1-28,43,48H. The molecule has 2 aliphatic rings. The molecule has 0 spiro atoms. The summed E-state index contributed by atoms with van der Waals surface area (Å²) in [5, 5.41) is 16.5. The highest BCUT2D eigenvalue weighted by Gasteiger charge is 2.35. The Balaban J connectivity index is 1.20. The van der Waals surface area contributed by atoms with Gasteiger partial charge >= 0.3 is 0 Å². The second-order valence-electron chi connectivity index (χ2n) is 13.4. The van der Waals surface area contributed by atoms with Crippen molar-refractivity contribution in [1.82, 2.24) is 0 Å². The molecule has 3 heteroatoms. The number of thiophene rings is 1. The monoisotopic (exact) mass is 654 g/mol. The summed E-state index contributed by atoms with van der Waals surface area (Å²) in [7, 11) is 0. The largest absolute Gasteiger partial charge is 0.359 e. The highest BCUT2D eigenvalue weighted by atomic mass is 32.1. The minimum Gasteiger partial charge on any atom is -0.359 e. The van der Waals surface area contributed by atoms with Crippen LogP contribution in [0.25, 0.3) is 81.1 Å². The van der Waals surface area contributed by atoms with Gasteiger partial charge in [0, 0.05) is 10.1 Å². The van der Waals surface area contributed by atoms with E-state index in [1.165, 1.54) is 97.4 Å². The van der Waals surface area contributed by atoms with Crippen molar-refractivity contribution in [2.45, 2.75) is 6.17 Å². The van der Waals surface area contributed by atoms with Gasteiger partial charge in [-0.2, -0.15) is 0 Å². The Morgan fingerprint density at radius 3 is 1.74 bits per heavy atom. The number of hydrogen-bond acceptors (Lipinski definition) is 3. The Kier molecular flexibility index (Phi) is 5.92. The van der Waals surface area contributed by atoms with Crippen LogP contribution < -0.4 is 10.2 Å². The van der Waals surface area contributed by atoms with Crippen molar-refractivity contribution >= 4 is 80.9 Å². The molecule has 8 aromatic carbocycles. The maximum atomic E-state index is 3.83. The number of nitrogens with zero attached hydrogens (tertiary/aromatic N) is 1. The zero-order valence-corrected chi connectivity index (χ0v) is 27.9. The van der Waals surface area contributed by atoms with Gasteiger partial charge in [0.05, 0.1) is 11.4 Å². The van der Waals surface area contributed by atoms with Gasteiger partial charge in [-0.25, -0.2) is 0 Å². The lowest BCUT2D eigenvalue weighted by molar-refractivity contribution is 0.927. The van der Waals surface area contributed by atoms with E-state index in [4.69, 9.17) is 0 Å². The van der Waals surface area contributed by atoms with Crippen molar-refractivity contribution in [3.05, 3.63) is 175 Å². The lowest BCUT2D eigenvalue weighted by Crippen LogP contribution is -2.34. The summed E-state index contributed by atoms with van der Waals surface area (Å²) in [4.78, 5) is 2.49. The van der Waals surface area contributed by atoms with Crippen LogP contribution >= 0.6 is 11.3 Å². The molecule has 0 aliphatic carbocycles. The van der Waals surface area contributed by atoms with E-state index in [0.717, 1.165) is 0 Å². The molecule has 0 radical (unpaired) electrons. The van der Waals surface area contributed by atoms with Gasteiger partial charge in [0.15, 0.2) is 0 Å². The van der Waals surface area contributed by atoms with Crippen molar-refractivity contribution in [3.8, 4) is 22.3 Å². The Morgan fingerprint density at radius 2 is 1.04 bits per heavy atom. The first-order valence-electron chi connectivity index (χ1n) is 17.2. The molecule has 234 valence electrons. The summed E-state index contributed by atoms with van der Waals surface area (Å²) in [6, 6.07) is 56.0. The van der Waals surface area contributed by atoms with Gasteiger partial charge in [-0.3, -0.25) is 0 Å². The first-order chi connectivity index (χ1) is 24.8. The van der Waals surface area contributed by atoms with E-state index >= 15 is 0 Å². The fraction of sp³-hybridized carbons (Fsp3) is 0.0213. The summed E-state index contributed by atoms with van der Waals surface area (Å²) in [5.41, 5.74) is 8.68. The Morgan fingerprint density at radius 1 is 0.480 bits per heavy atom. The second-order valence-corrected chi connectivity index (χ2v) is 14.4. The highest BCUT2D eigenvalue weighted by molar-refractivity contribution is 7.24. The van der Waals surface area contributed by atoms with E-state index in [2.05, 4.69) is 180 Å². The topological polar surface area (TPSA) is 15.3 Å². The zero-order chi connectivity index (χ0) is 32.8. The van der Waals surface area contributed by atoms with Crippen molar-refractivity contribution < 1.29 is 0 Å². The molecular weight excluding hydrogens is 625 g/mol. The normalized spacial score (nSPS) is 15.2. The molecule has 0 amide bonds. The van der Waals surface area contributed by atoms with Gasteiger partial charge in [-0.15, -0.1) is 11.3 Å². The Labute approximate surface area is 293 Å². The fourth-order valence-corrected chi connectivity index (χ4v) is 9.51. The third-order valence-electron chi connectivity index (χ3n) is 10.6. The van der Waals surface area contributed by atoms with Crippen LogP contribution in [-0.4, -0.2) is 6.17 Å². The summed E-state index contributed by atoms with van der Waals surface area (Å²) in [6.07, 6.45) is 6.83. The lowest BCUT2D eigenvalue weighted by Gasteiger charge is -2.30. The van der Waals surface area contributed by atoms with Gasteiger partial charge in [-0.1, -0.05) is 133 Å². The van der Waals surface area contributed by atoms with Crippen LogP contribution in [0.3, 0.4) is 0 Å². The number of allylic oxidation sites excluding steroid dienone is 2. The van der Waals surface area contributed by atoms with E-state index in [1.54, 1.807) is 0 Å². The molecule has 9 aromatic rings. The summed E-state index contributed by atoms with van der Waals surface area (Å²) < 4.78 is 1.31. The van der Waals surface area contributed by atoms with Gasteiger partial charge < -0.3 is 10.2 Å². The second kappa shape index (κ2) is 10.7. The van der Waals surface area contributed by atoms with E-state index in [1.807, 2.05) is 11.3 Å². The first kappa shape index (κ1) is 27.8. The predicted octanol–water partition coefficient (Wildman–Crippen LogP) is 13.0. The minimum atomic E-state index is 0.0845. The molecule has 0 saturated heterocycles. The summed E-state index contributed by atoms with van der Waals surface area (Å²) in [6.45, 7) is 0. The van der Waals surface area contributed by atoms with Crippen LogP contribution in [0.2, 0.25) is 0 Å². The van der Waals surface area contributed by atoms with Crippen LogP contribution in [0.4, 0.5) is 10.7 Å². The SMILES string of the molecule is C1=CC2Nc3c(sc4ccccc34)N2C(c2ccc3c(-c4ccc5ccccc5c4)c4ccccc4c(-c4ccc5ccccc5c4)c3c2)=C1. The quantitative estimate of drug-likeness (QED) is 0.191. The summed E-state index contributed by atoms with van der Waals surface area (Å²) >= 11 is 1.87. The predicted molar refractivity (Wildman–Crippen MR) is 216 cm³/mol. The first-order valence-corrected chi connectivity index (χ1v) is 18.0. The molecule has 0 fully saturated rings. The third kappa shape index (κ3) is 4.08. The molecule has 1 N–H and O–H groups in total. The van der Waals surface area contributed by atoms with Crippen molar-refractivity contribution in [1.29, 1.82) is 0 Å². The maximum absolute atomic E-state index is 3.83. The third-order valence-corrected chi connectivity index (χ3v) is 11.7. The fourth-order valence-electron chi connectivity index (χ4n) is 8.29. The minimum absolute atomic E-state index is 0.0845.